The number of ketones is 1. The molecule has 2 nitrogen and oxygen atoms in total. The van der Waals surface area contributed by atoms with Crippen molar-refractivity contribution in [3.8, 4) is 0 Å². The van der Waals surface area contributed by atoms with Gasteiger partial charge in [0.05, 0.1) is 0 Å². The maximum absolute atomic E-state index is 11.9. The van der Waals surface area contributed by atoms with Crippen LogP contribution in [0.25, 0.3) is 0 Å². The molecule has 1 aliphatic rings. The zero-order chi connectivity index (χ0) is 12.8. The first-order valence-electron chi connectivity index (χ1n) is 7.29. The van der Waals surface area contributed by atoms with E-state index in [1.165, 1.54) is 32.1 Å². The summed E-state index contributed by atoms with van der Waals surface area (Å²) in [5.74, 6) is 1.11. The molecule has 0 bridgehead atoms. The minimum Gasteiger partial charge on any atom is -0.311 e. The number of hydrogen-bond donors (Lipinski definition) is 1. The highest BCUT2D eigenvalue weighted by molar-refractivity contribution is 5.80. The summed E-state index contributed by atoms with van der Waals surface area (Å²) < 4.78 is 0. The molecular formula is C15H29NO. The van der Waals surface area contributed by atoms with Gasteiger partial charge in [0, 0.05) is 24.4 Å². The van der Waals surface area contributed by atoms with Gasteiger partial charge in [-0.15, -0.1) is 0 Å². The summed E-state index contributed by atoms with van der Waals surface area (Å²) >= 11 is 0. The Morgan fingerprint density at radius 3 is 2.18 bits per heavy atom. The topological polar surface area (TPSA) is 29.1 Å². The van der Waals surface area contributed by atoms with Crippen LogP contribution in [0.4, 0.5) is 0 Å². The van der Waals surface area contributed by atoms with E-state index in [0.29, 0.717) is 30.2 Å². The van der Waals surface area contributed by atoms with Crippen molar-refractivity contribution in [3.05, 3.63) is 0 Å². The average Bonchev–Trinajstić information content (AvgIpc) is 2.29. The van der Waals surface area contributed by atoms with E-state index in [1.54, 1.807) is 0 Å². The van der Waals surface area contributed by atoms with Crippen molar-refractivity contribution < 1.29 is 4.79 Å². The number of carbonyl (C=O) groups excluding carboxylic acids is 1. The SMILES string of the molecule is CC(C)C(=O)CC(NC1CCCCC1)C(C)C. The highest BCUT2D eigenvalue weighted by atomic mass is 16.1. The largest absolute Gasteiger partial charge is 0.311 e. The Hall–Kier alpha value is -0.370. The van der Waals surface area contributed by atoms with E-state index in [-0.39, 0.29) is 5.92 Å². The first-order chi connectivity index (χ1) is 8.00. The Balaban J connectivity index is 2.44. The molecule has 100 valence electrons. The molecule has 1 aliphatic carbocycles. The van der Waals surface area contributed by atoms with Gasteiger partial charge in [-0.05, 0) is 18.8 Å². The van der Waals surface area contributed by atoms with Crippen molar-refractivity contribution in [2.45, 2.75) is 78.3 Å². The Morgan fingerprint density at radius 1 is 1.12 bits per heavy atom. The Kier molecular flexibility index (Phi) is 6.18. The van der Waals surface area contributed by atoms with Gasteiger partial charge in [0.2, 0.25) is 0 Å². The minimum absolute atomic E-state index is 0.171. The second kappa shape index (κ2) is 7.15. The molecule has 0 aromatic rings. The predicted molar refractivity (Wildman–Crippen MR) is 73.1 cm³/mol. The molecule has 0 heterocycles. The third-order valence-corrected chi connectivity index (χ3v) is 3.92. The number of rotatable bonds is 6. The summed E-state index contributed by atoms with van der Waals surface area (Å²) in [7, 11) is 0. The van der Waals surface area contributed by atoms with Crippen LogP contribution in [0.3, 0.4) is 0 Å². The van der Waals surface area contributed by atoms with Gasteiger partial charge in [-0.2, -0.15) is 0 Å². The van der Waals surface area contributed by atoms with Gasteiger partial charge in [-0.1, -0.05) is 47.0 Å². The van der Waals surface area contributed by atoms with Gasteiger partial charge < -0.3 is 5.32 Å². The van der Waals surface area contributed by atoms with E-state index in [9.17, 15) is 4.79 Å². The van der Waals surface area contributed by atoms with Crippen molar-refractivity contribution >= 4 is 5.78 Å². The predicted octanol–water partition coefficient (Wildman–Crippen LogP) is 3.55. The van der Waals surface area contributed by atoms with E-state index in [1.807, 2.05) is 13.8 Å². The summed E-state index contributed by atoms with van der Waals surface area (Å²) in [6, 6.07) is 1.02. The quantitative estimate of drug-likeness (QED) is 0.768. The molecular weight excluding hydrogens is 210 g/mol. The first-order valence-corrected chi connectivity index (χ1v) is 7.29. The third kappa shape index (κ3) is 5.20. The molecule has 0 spiro atoms. The molecule has 0 aromatic carbocycles. The normalized spacial score (nSPS) is 19.9. The molecule has 1 N–H and O–H groups in total. The second-order valence-corrected chi connectivity index (χ2v) is 6.18. The fourth-order valence-electron chi connectivity index (χ4n) is 2.51. The lowest BCUT2D eigenvalue weighted by Crippen LogP contribution is -2.44. The summed E-state index contributed by atoms with van der Waals surface area (Å²) in [5, 5.41) is 3.72. The van der Waals surface area contributed by atoms with Gasteiger partial charge >= 0.3 is 0 Å². The fraction of sp³-hybridized carbons (Fsp3) is 0.933. The lowest BCUT2D eigenvalue weighted by Gasteiger charge is -2.30. The van der Waals surface area contributed by atoms with Crippen LogP contribution in [0.5, 0.6) is 0 Å². The fourth-order valence-corrected chi connectivity index (χ4v) is 2.51. The maximum Gasteiger partial charge on any atom is 0.136 e. The smallest absolute Gasteiger partial charge is 0.136 e. The zero-order valence-corrected chi connectivity index (χ0v) is 12.0. The van der Waals surface area contributed by atoms with Crippen molar-refractivity contribution in [2.75, 3.05) is 0 Å². The Labute approximate surface area is 107 Å². The standard InChI is InChI=1S/C15H29NO/c1-11(2)14(10-15(17)12(3)4)16-13-8-6-5-7-9-13/h11-14,16H,5-10H2,1-4H3. The van der Waals surface area contributed by atoms with Crippen LogP contribution in [-0.4, -0.2) is 17.9 Å². The maximum atomic E-state index is 11.9. The zero-order valence-electron chi connectivity index (χ0n) is 12.0. The monoisotopic (exact) mass is 239 g/mol. The molecule has 17 heavy (non-hydrogen) atoms. The van der Waals surface area contributed by atoms with E-state index in [0.717, 1.165) is 0 Å². The van der Waals surface area contributed by atoms with Crippen molar-refractivity contribution in [3.63, 3.8) is 0 Å². The van der Waals surface area contributed by atoms with Gasteiger partial charge in [0.15, 0.2) is 0 Å². The van der Waals surface area contributed by atoms with Gasteiger partial charge in [-0.25, -0.2) is 0 Å². The molecule has 1 atom stereocenters. The van der Waals surface area contributed by atoms with Crippen LogP contribution in [0.2, 0.25) is 0 Å². The third-order valence-electron chi connectivity index (χ3n) is 3.92. The van der Waals surface area contributed by atoms with Crippen LogP contribution >= 0.6 is 0 Å². The number of Topliss-reactive ketones (excluding diaryl/α,β-unsaturated/α-hetero) is 1. The van der Waals surface area contributed by atoms with Gasteiger partial charge in [0.1, 0.15) is 5.78 Å². The van der Waals surface area contributed by atoms with Crippen LogP contribution in [0.15, 0.2) is 0 Å². The molecule has 0 radical (unpaired) electrons. The van der Waals surface area contributed by atoms with Crippen molar-refractivity contribution in [2.24, 2.45) is 11.8 Å². The molecule has 0 aromatic heterocycles. The molecule has 0 saturated heterocycles. The summed E-state index contributed by atoms with van der Waals surface area (Å²) in [6.45, 7) is 8.43. The van der Waals surface area contributed by atoms with E-state index in [4.69, 9.17) is 0 Å². The van der Waals surface area contributed by atoms with Crippen molar-refractivity contribution in [1.82, 2.24) is 5.32 Å². The highest BCUT2D eigenvalue weighted by Gasteiger charge is 2.23. The van der Waals surface area contributed by atoms with Crippen LogP contribution < -0.4 is 5.32 Å². The average molecular weight is 239 g/mol. The summed E-state index contributed by atoms with van der Waals surface area (Å²) in [4.78, 5) is 11.9. The summed E-state index contributed by atoms with van der Waals surface area (Å²) in [5.41, 5.74) is 0. The lowest BCUT2D eigenvalue weighted by molar-refractivity contribution is -0.122. The lowest BCUT2D eigenvalue weighted by atomic mass is 9.90. The minimum atomic E-state index is 0.171. The molecule has 0 amide bonds. The summed E-state index contributed by atoms with van der Waals surface area (Å²) in [6.07, 6.45) is 7.36. The van der Waals surface area contributed by atoms with E-state index >= 15 is 0 Å². The molecule has 1 rings (SSSR count). The first kappa shape index (κ1) is 14.7. The molecule has 1 fully saturated rings. The van der Waals surface area contributed by atoms with Crippen LogP contribution in [0.1, 0.15) is 66.2 Å². The number of nitrogens with one attached hydrogen (secondary N) is 1. The highest BCUT2D eigenvalue weighted by Crippen LogP contribution is 2.20. The number of carbonyl (C=O) groups is 1. The van der Waals surface area contributed by atoms with Gasteiger partial charge in [0.25, 0.3) is 0 Å². The van der Waals surface area contributed by atoms with Crippen molar-refractivity contribution in [1.29, 1.82) is 0 Å². The molecule has 1 unspecified atom stereocenters. The van der Waals surface area contributed by atoms with Crippen LogP contribution in [-0.2, 0) is 4.79 Å². The molecule has 2 heteroatoms. The van der Waals surface area contributed by atoms with Crippen LogP contribution in [0, 0.1) is 11.8 Å². The van der Waals surface area contributed by atoms with Gasteiger partial charge in [-0.3, -0.25) is 4.79 Å². The van der Waals surface area contributed by atoms with E-state index in [2.05, 4.69) is 19.2 Å². The molecule has 1 saturated carbocycles. The van der Waals surface area contributed by atoms with E-state index < -0.39 is 0 Å². The number of hydrogen-bond acceptors (Lipinski definition) is 2. The Morgan fingerprint density at radius 2 is 1.71 bits per heavy atom. The second-order valence-electron chi connectivity index (χ2n) is 6.18. The Bertz CT molecular complexity index is 229. The molecule has 0 aliphatic heterocycles.